The number of hydrogen-bond acceptors (Lipinski definition) is 4. The number of benzene rings is 2. The van der Waals surface area contributed by atoms with Gasteiger partial charge in [0.15, 0.2) is 0 Å². The van der Waals surface area contributed by atoms with Gasteiger partial charge in [-0.05, 0) is 46.6 Å². The van der Waals surface area contributed by atoms with E-state index in [1.807, 2.05) is 60.9 Å². The van der Waals surface area contributed by atoms with Crippen molar-refractivity contribution in [3.05, 3.63) is 120 Å². The summed E-state index contributed by atoms with van der Waals surface area (Å²) in [5, 5.41) is 0. The lowest BCUT2D eigenvalue weighted by atomic mass is 9.92. The molecule has 2 aromatic carbocycles. The molecule has 0 fully saturated rings. The Hall–Kier alpha value is -3.66. The van der Waals surface area contributed by atoms with E-state index in [2.05, 4.69) is 67.1 Å². The first-order valence-corrected chi connectivity index (χ1v) is 11.9. The molecule has 4 nitrogen and oxygen atoms in total. The second-order valence-electron chi connectivity index (χ2n) is 8.94. The zero-order valence-electron chi connectivity index (χ0n) is 20.1. The molecule has 4 heteroatoms. The molecular formula is C30H32N2O2. The Balaban J connectivity index is 1.47. The van der Waals surface area contributed by atoms with Crippen molar-refractivity contribution in [3.63, 3.8) is 0 Å². The predicted molar refractivity (Wildman–Crippen MR) is 136 cm³/mol. The Morgan fingerprint density at radius 1 is 0.706 bits per heavy atom. The van der Waals surface area contributed by atoms with Gasteiger partial charge in [-0.2, -0.15) is 0 Å². The fourth-order valence-electron chi connectivity index (χ4n) is 3.87. The zero-order chi connectivity index (χ0) is 23.8. The highest BCUT2D eigenvalue weighted by Gasteiger charge is 2.20. The van der Waals surface area contributed by atoms with Gasteiger partial charge < -0.3 is 9.47 Å². The summed E-state index contributed by atoms with van der Waals surface area (Å²) in [6.07, 6.45) is 4.41. The van der Waals surface area contributed by atoms with Crippen LogP contribution >= 0.6 is 0 Å². The van der Waals surface area contributed by atoms with Gasteiger partial charge in [0.05, 0.1) is 0 Å². The fraction of sp³-hybridized carbons (Fsp3) is 0.267. The van der Waals surface area contributed by atoms with Crippen molar-refractivity contribution in [1.82, 2.24) is 9.97 Å². The molecular weight excluding hydrogens is 420 g/mol. The van der Waals surface area contributed by atoms with Crippen LogP contribution in [0.3, 0.4) is 0 Å². The molecule has 2 unspecified atom stereocenters. The Bertz CT molecular complexity index is 1150. The molecule has 0 N–H and O–H groups in total. The van der Waals surface area contributed by atoms with Gasteiger partial charge in [-0.25, -0.2) is 9.97 Å². The van der Waals surface area contributed by atoms with E-state index in [0.29, 0.717) is 24.3 Å². The third kappa shape index (κ3) is 6.44. The third-order valence-corrected chi connectivity index (χ3v) is 5.99. The van der Waals surface area contributed by atoms with Crippen LogP contribution in [0.5, 0.6) is 11.8 Å². The molecule has 4 aromatic rings. The first kappa shape index (κ1) is 23.5. The van der Waals surface area contributed by atoms with Crippen LogP contribution in [0.1, 0.15) is 67.4 Å². The number of aromatic nitrogens is 2. The molecule has 0 aliphatic carbocycles. The van der Waals surface area contributed by atoms with Crippen LogP contribution < -0.4 is 9.47 Å². The van der Waals surface area contributed by atoms with Crippen LogP contribution in [-0.4, -0.2) is 9.97 Å². The lowest BCUT2D eigenvalue weighted by Crippen LogP contribution is -2.12. The van der Waals surface area contributed by atoms with Gasteiger partial charge in [0.1, 0.15) is 12.7 Å². The first-order chi connectivity index (χ1) is 16.6. The normalized spacial score (nSPS) is 12.8. The number of rotatable bonds is 10. The van der Waals surface area contributed by atoms with Gasteiger partial charge in [-0.15, -0.1) is 0 Å². The molecule has 34 heavy (non-hydrogen) atoms. The molecule has 174 valence electrons. The van der Waals surface area contributed by atoms with E-state index in [1.54, 1.807) is 0 Å². The van der Waals surface area contributed by atoms with E-state index in [-0.39, 0.29) is 12.0 Å². The molecule has 0 amide bonds. The lowest BCUT2D eigenvalue weighted by Gasteiger charge is -2.23. The maximum absolute atomic E-state index is 6.41. The highest BCUT2D eigenvalue weighted by molar-refractivity contribution is 5.27. The van der Waals surface area contributed by atoms with Crippen molar-refractivity contribution < 1.29 is 9.47 Å². The monoisotopic (exact) mass is 452 g/mol. The van der Waals surface area contributed by atoms with Crippen LogP contribution in [0.4, 0.5) is 0 Å². The van der Waals surface area contributed by atoms with Crippen molar-refractivity contribution in [2.45, 2.75) is 51.7 Å². The maximum Gasteiger partial charge on any atom is 0.213 e. The van der Waals surface area contributed by atoms with E-state index in [4.69, 9.17) is 9.47 Å². The highest BCUT2D eigenvalue weighted by Crippen LogP contribution is 2.32. The minimum Gasteiger partial charge on any atom is -0.473 e. The topological polar surface area (TPSA) is 44.2 Å². The molecule has 0 aliphatic heterocycles. The van der Waals surface area contributed by atoms with Crippen molar-refractivity contribution in [1.29, 1.82) is 0 Å². The zero-order valence-corrected chi connectivity index (χ0v) is 20.1. The van der Waals surface area contributed by atoms with Gasteiger partial charge in [0.2, 0.25) is 11.8 Å². The summed E-state index contributed by atoms with van der Waals surface area (Å²) >= 11 is 0. The van der Waals surface area contributed by atoms with Gasteiger partial charge in [-0.1, -0.05) is 87.5 Å². The maximum atomic E-state index is 6.41. The minimum atomic E-state index is -0.115. The summed E-state index contributed by atoms with van der Waals surface area (Å²) < 4.78 is 12.4. The summed E-state index contributed by atoms with van der Waals surface area (Å²) in [7, 11) is 0. The van der Waals surface area contributed by atoms with E-state index in [1.165, 1.54) is 11.1 Å². The standard InChI is InChI=1S/C30H32N2O2/c1-22(2)27-14-15-29(32-20-27)34-28(25-12-8-5-9-13-25)18-23(3)26-16-17-31-30(19-26)33-21-24-10-6-4-7-11-24/h4-17,19-20,22-23,28H,18,21H2,1-3H3. The highest BCUT2D eigenvalue weighted by atomic mass is 16.5. The largest absolute Gasteiger partial charge is 0.473 e. The van der Waals surface area contributed by atoms with Gasteiger partial charge >= 0.3 is 0 Å². The molecule has 4 rings (SSSR count). The van der Waals surface area contributed by atoms with Crippen molar-refractivity contribution in [2.75, 3.05) is 0 Å². The van der Waals surface area contributed by atoms with Crippen LogP contribution in [0.15, 0.2) is 97.3 Å². The Kier molecular flexibility index (Phi) is 7.92. The third-order valence-electron chi connectivity index (χ3n) is 5.99. The smallest absolute Gasteiger partial charge is 0.213 e. The average Bonchev–Trinajstić information content (AvgIpc) is 2.88. The molecule has 2 atom stereocenters. The molecule has 2 heterocycles. The molecule has 2 aromatic heterocycles. The lowest BCUT2D eigenvalue weighted by molar-refractivity contribution is 0.178. The quantitative estimate of drug-likeness (QED) is 0.250. The van der Waals surface area contributed by atoms with Gasteiger partial charge in [0, 0.05) is 24.5 Å². The van der Waals surface area contributed by atoms with Crippen LogP contribution in [0.25, 0.3) is 0 Å². The molecule has 0 aliphatic rings. The van der Waals surface area contributed by atoms with Gasteiger partial charge in [-0.3, -0.25) is 0 Å². The van der Waals surface area contributed by atoms with E-state index >= 15 is 0 Å². The summed E-state index contributed by atoms with van der Waals surface area (Å²) in [6.45, 7) is 7.04. The molecule has 0 saturated heterocycles. The predicted octanol–water partition coefficient (Wildman–Crippen LogP) is 7.49. The Morgan fingerprint density at radius 2 is 1.44 bits per heavy atom. The van der Waals surface area contributed by atoms with E-state index < -0.39 is 0 Å². The average molecular weight is 453 g/mol. The van der Waals surface area contributed by atoms with Crippen molar-refractivity contribution >= 4 is 0 Å². The van der Waals surface area contributed by atoms with Gasteiger partial charge in [0.25, 0.3) is 0 Å². The molecule has 0 spiro atoms. The Labute approximate surface area is 202 Å². The SMILES string of the molecule is CC(C)c1ccc(OC(CC(C)c2ccnc(OCc3ccccc3)c2)c2ccccc2)nc1. The number of ether oxygens (including phenoxy) is 2. The first-order valence-electron chi connectivity index (χ1n) is 11.9. The fourth-order valence-corrected chi connectivity index (χ4v) is 3.87. The number of nitrogens with zero attached hydrogens (tertiary/aromatic N) is 2. The van der Waals surface area contributed by atoms with Crippen LogP contribution in [-0.2, 0) is 6.61 Å². The minimum absolute atomic E-state index is 0.115. The van der Waals surface area contributed by atoms with Crippen molar-refractivity contribution in [2.24, 2.45) is 0 Å². The Morgan fingerprint density at radius 3 is 2.12 bits per heavy atom. The van der Waals surface area contributed by atoms with E-state index in [0.717, 1.165) is 17.5 Å². The number of pyridine rings is 2. The molecule has 0 radical (unpaired) electrons. The van der Waals surface area contributed by atoms with Crippen LogP contribution in [0, 0.1) is 0 Å². The summed E-state index contributed by atoms with van der Waals surface area (Å²) in [5.74, 6) is 1.96. The second-order valence-corrected chi connectivity index (χ2v) is 8.94. The van der Waals surface area contributed by atoms with Crippen LogP contribution in [0.2, 0.25) is 0 Å². The summed E-state index contributed by atoms with van der Waals surface area (Å²) in [5.41, 5.74) is 4.64. The molecule has 0 saturated carbocycles. The van der Waals surface area contributed by atoms with E-state index in [9.17, 15) is 0 Å². The number of hydrogen-bond donors (Lipinski definition) is 0. The van der Waals surface area contributed by atoms with Crippen molar-refractivity contribution in [3.8, 4) is 11.8 Å². The summed E-state index contributed by atoms with van der Waals surface area (Å²) in [6, 6.07) is 28.6. The second kappa shape index (κ2) is 11.5. The summed E-state index contributed by atoms with van der Waals surface area (Å²) in [4.78, 5) is 8.96. The molecule has 0 bridgehead atoms.